The molecular formula is C16H17N3OS. The van der Waals surface area contributed by atoms with E-state index in [1.165, 1.54) is 5.56 Å². The lowest BCUT2D eigenvalue weighted by atomic mass is 10.1. The maximum Gasteiger partial charge on any atom is 0.213 e. The quantitative estimate of drug-likeness (QED) is 0.934. The number of anilines is 1. The lowest BCUT2D eigenvalue weighted by Crippen LogP contribution is -2.06. The molecule has 1 aromatic carbocycles. The van der Waals surface area contributed by atoms with Crippen molar-refractivity contribution in [1.82, 2.24) is 4.98 Å². The van der Waals surface area contributed by atoms with Gasteiger partial charge in [0.05, 0.1) is 30.3 Å². The summed E-state index contributed by atoms with van der Waals surface area (Å²) in [6, 6.07) is 14.3. The maximum atomic E-state index is 5.33. The van der Waals surface area contributed by atoms with Gasteiger partial charge in [-0.05, 0) is 18.6 Å². The average molecular weight is 299 g/mol. The Morgan fingerprint density at radius 2 is 2.10 bits per heavy atom. The molecule has 1 aliphatic rings. The molecule has 1 N–H and O–H groups in total. The van der Waals surface area contributed by atoms with Gasteiger partial charge in [0.2, 0.25) is 5.88 Å². The minimum atomic E-state index is 0.393. The van der Waals surface area contributed by atoms with Crippen molar-refractivity contribution in [3.05, 3.63) is 54.2 Å². The van der Waals surface area contributed by atoms with Gasteiger partial charge in [0.25, 0.3) is 0 Å². The van der Waals surface area contributed by atoms with E-state index in [-0.39, 0.29) is 0 Å². The van der Waals surface area contributed by atoms with Crippen LogP contribution in [0, 0.1) is 0 Å². The fourth-order valence-corrected chi connectivity index (χ4v) is 3.13. The van der Waals surface area contributed by atoms with Crippen molar-refractivity contribution in [3.63, 3.8) is 0 Å². The third kappa shape index (κ3) is 3.55. The third-order valence-corrected chi connectivity index (χ3v) is 4.27. The first-order chi connectivity index (χ1) is 10.3. The van der Waals surface area contributed by atoms with Crippen LogP contribution in [0.15, 0.2) is 53.7 Å². The van der Waals surface area contributed by atoms with E-state index in [0.29, 0.717) is 17.7 Å². The Morgan fingerprint density at radius 3 is 2.81 bits per heavy atom. The number of benzene rings is 1. The molecule has 1 aliphatic heterocycles. The number of nitrogens with zero attached hydrogens (tertiary/aromatic N) is 2. The van der Waals surface area contributed by atoms with E-state index >= 15 is 0 Å². The number of thioether (sulfide) groups is 1. The Bertz CT molecular complexity index is 613. The van der Waals surface area contributed by atoms with Crippen molar-refractivity contribution >= 4 is 22.6 Å². The molecule has 0 fully saturated rings. The summed E-state index contributed by atoms with van der Waals surface area (Å²) in [7, 11) is 0. The SMILES string of the molecule is CCOc1ccc(NC2=NCC(c3ccccc3)S2)cn1. The van der Waals surface area contributed by atoms with Crippen LogP contribution in [0.5, 0.6) is 5.88 Å². The highest BCUT2D eigenvalue weighted by Gasteiger charge is 2.21. The number of aromatic nitrogens is 1. The highest BCUT2D eigenvalue weighted by molar-refractivity contribution is 8.14. The van der Waals surface area contributed by atoms with Crippen LogP contribution in [-0.2, 0) is 0 Å². The van der Waals surface area contributed by atoms with E-state index in [1.54, 1.807) is 18.0 Å². The van der Waals surface area contributed by atoms with Gasteiger partial charge >= 0.3 is 0 Å². The van der Waals surface area contributed by atoms with Gasteiger partial charge in [-0.1, -0.05) is 42.1 Å². The fraction of sp³-hybridized carbons (Fsp3) is 0.250. The number of aliphatic imine (C=N–C) groups is 1. The summed E-state index contributed by atoms with van der Waals surface area (Å²) in [5.74, 6) is 0.645. The second kappa shape index (κ2) is 6.63. The lowest BCUT2D eigenvalue weighted by Gasteiger charge is -2.09. The Labute approximate surface area is 128 Å². The number of nitrogens with one attached hydrogen (secondary N) is 1. The molecular weight excluding hydrogens is 282 g/mol. The molecule has 1 unspecified atom stereocenters. The summed E-state index contributed by atoms with van der Waals surface area (Å²) in [5, 5.41) is 4.64. The Hall–Kier alpha value is -2.01. The fourth-order valence-electron chi connectivity index (χ4n) is 2.10. The van der Waals surface area contributed by atoms with Gasteiger partial charge in [-0.25, -0.2) is 4.98 Å². The van der Waals surface area contributed by atoms with E-state index in [9.17, 15) is 0 Å². The van der Waals surface area contributed by atoms with Crippen molar-refractivity contribution in [1.29, 1.82) is 0 Å². The molecule has 0 saturated heterocycles. The molecule has 0 spiro atoms. The van der Waals surface area contributed by atoms with E-state index < -0.39 is 0 Å². The number of hydrogen-bond donors (Lipinski definition) is 1. The Morgan fingerprint density at radius 1 is 1.24 bits per heavy atom. The zero-order valence-corrected chi connectivity index (χ0v) is 12.6. The molecule has 21 heavy (non-hydrogen) atoms. The minimum absolute atomic E-state index is 0.393. The van der Waals surface area contributed by atoms with Gasteiger partial charge in [0.15, 0.2) is 5.17 Å². The Kier molecular flexibility index (Phi) is 4.40. The first-order valence-electron chi connectivity index (χ1n) is 6.97. The zero-order chi connectivity index (χ0) is 14.5. The predicted molar refractivity (Wildman–Crippen MR) is 88.1 cm³/mol. The van der Waals surface area contributed by atoms with Crippen LogP contribution in [0.3, 0.4) is 0 Å². The molecule has 1 aromatic heterocycles. The minimum Gasteiger partial charge on any atom is -0.478 e. The van der Waals surface area contributed by atoms with Crippen LogP contribution in [0.2, 0.25) is 0 Å². The summed E-state index contributed by atoms with van der Waals surface area (Å²) in [6.45, 7) is 3.38. The highest BCUT2D eigenvalue weighted by Crippen LogP contribution is 2.35. The lowest BCUT2D eigenvalue weighted by molar-refractivity contribution is 0.327. The topological polar surface area (TPSA) is 46.5 Å². The van der Waals surface area contributed by atoms with Crippen LogP contribution in [0.4, 0.5) is 5.69 Å². The molecule has 4 nitrogen and oxygen atoms in total. The third-order valence-electron chi connectivity index (χ3n) is 3.11. The van der Waals surface area contributed by atoms with Gasteiger partial charge in [0.1, 0.15) is 0 Å². The molecule has 5 heteroatoms. The number of pyridine rings is 1. The van der Waals surface area contributed by atoms with Crippen molar-refractivity contribution < 1.29 is 4.74 Å². The average Bonchev–Trinajstić information content (AvgIpc) is 2.99. The number of amidine groups is 1. The first kappa shape index (κ1) is 13.9. The number of hydrogen-bond acceptors (Lipinski definition) is 5. The standard InChI is InChI=1S/C16H17N3OS/c1-2-20-15-9-8-13(10-17-15)19-16-18-11-14(21-16)12-6-4-3-5-7-12/h3-10,14H,2,11H2,1H3,(H,18,19). The highest BCUT2D eigenvalue weighted by atomic mass is 32.2. The van der Waals surface area contributed by atoms with Crippen LogP contribution in [0.25, 0.3) is 0 Å². The predicted octanol–water partition coefficient (Wildman–Crippen LogP) is 3.74. The van der Waals surface area contributed by atoms with Crippen LogP contribution >= 0.6 is 11.8 Å². The zero-order valence-electron chi connectivity index (χ0n) is 11.8. The second-order valence-corrected chi connectivity index (χ2v) is 5.80. The van der Waals surface area contributed by atoms with Gasteiger partial charge in [-0.15, -0.1) is 0 Å². The van der Waals surface area contributed by atoms with Crippen molar-refractivity contribution in [2.24, 2.45) is 4.99 Å². The number of ether oxygens (including phenoxy) is 1. The molecule has 2 heterocycles. The van der Waals surface area contributed by atoms with E-state index in [4.69, 9.17) is 4.74 Å². The van der Waals surface area contributed by atoms with Crippen molar-refractivity contribution in [2.45, 2.75) is 12.2 Å². The van der Waals surface area contributed by atoms with E-state index in [1.807, 2.05) is 25.1 Å². The summed E-state index contributed by atoms with van der Waals surface area (Å²) in [4.78, 5) is 8.80. The van der Waals surface area contributed by atoms with Gasteiger partial charge < -0.3 is 10.1 Å². The largest absolute Gasteiger partial charge is 0.478 e. The molecule has 0 aliphatic carbocycles. The second-order valence-electron chi connectivity index (χ2n) is 4.61. The molecule has 0 amide bonds. The molecule has 0 radical (unpaired) electrons. The molecule has 108 valence electrons. The molecule has 2 aromatic rings. The Balaban J connectivity index is 1.59. The van der Waals surface area contributed by atoms with Gasteiger partial charge in [-0.2, -0.15) is 0 Å². The summed E-state index contributed by atoms with van der Waals surface area (Å²) in [5.41, 5.74) is 2.24. The van der Waals surface area contributed by atoms with Crippen molar-refractivity contribution in [3.8, 4) is 5.88 Å². The molecule has 3 rings (SSSR count). The monoisotopic (exact) mass is 299 g/mol. The smallest absolute Gasteiger partial charge is 0.213 e. The van der Waals surface area contributed by atoms with E-state index in [0.717, 1.165) is 17.4 Å². The first-order valence-corrected chi connectivity index (χ1v) is 7.85. The number of rotatable bonds is 4. The maximum absolute atomic E-state index is 5.33. The summed E-state index contributed by atoms with van der Waals surface area (Å²) in [6.07, 6.45) is 1.77. The molecule has 0 saturated carbocycles. The van der Waals surface area contributed by atoms with Crippen molar-refractivity contribution in [2.75, 3.05) is 18.5 Å². The van der Waals surface area contributed by atoms with Gasteiger partial charge in [-0.3, -0.25) is 4.99 Å². The molecule has 1 atom stereocenters. The molecule has 0 bridgehead atoms. The van der Waals surface area contributed by atoms with Crippen LogP contribution in [-0.4, -0.2) is 23.3 Å². The summed E-state index contributed by atoms with van der Waals surface area (Å²) < 4.78 is 5.33. The van der Waals surface area contributed by atoms with Crippen LogP contribution in [0.1, 0.15) is 17.7 Å². The normalized spacial score (nSPS) is 17.4. The van der Waals surface area contributed by atoms with Crippen LogP contribution < -0.4 is 10.1 Å². The summed E-state index contributed by atoms with van der Waals surface area (Å²) >= 11 is 1.75. The van der Waals surface area contributed by atoms with Gasteiger partial charge in [0, 0.05) is 6.07 Å². The van der Waals surface area contributed by atoms with E-state index in [2.05, 4.69) is 39.6 Å².